The number of carbonyl (C=O) groups is 1. The fourth-order valence-electron chi connectivity index (χ4n) is 4.23. The molecule has 1 fully saturated rings. The summed E-state index contributed by atoms with van der Waals surface area (Å²) in [4.78, 5) is 15.0. The van der Waals surface area contributed by atoms with Gasteiger partial charge in [-0.15, -0.1) is 0 Å². The minimum Gasteiger partial charge on any atom is -0.352 e. The van der Waals surface area contributed by atoms with Crippen molar-refractivity contribution in [2.45, 2.75) is 32.2 Å². The maximum absolute atomic E-state index is 12.6. The lowest BCUT2D eigenvalue weighted by molar-refractivity contribution is 0.0951. The lowest BCUT2D eigenvalue weighted by atomic mass is 10.00. The smallest absolute Gasteiger partial charge is 0.251 e. The van der Waals surface area contributed by atoms with E-state index in [0.29, 0.717) is 30.8 Å². The van der Waals surface area contributed by atoms with Crippen LogP contribution in [0.1, 0.15) is 40.7 Å². The van der Waals surface area contributed by atoms with E-state index >= 15 is 0 Å². The van der Waals surface area contributed by atoms with Crippen LogP contribution in [0.5, 0.6) is 0 Å². The van der Waals surface area contributed by atoms with Gasteiger partial charge < -0.3 is 5.32 Å². The first-order valence-corrected chi connectivity index (χ1v) is 12.3. The van der Waals surface area contributed by atoms with Crippen molar-refractivity contribution in [2.24, 2.45) is 0 Å². The highest BCUT2D eigenvalue weighted by atomic mass is 32.2. The third kappa shape index (κ3) is 4.84. The van der Waals surface area contributed by atoms with Crippen LogP contribution in [0, 0.1) is 0 Å². The van der Waals surface area contributed by atoms with Gasteiger partial charge in [-0.25, -0.2) is 8.42 Å². The summed E-state index contributed by atoms with van der Waals surface area (Å²) in [7, 11) is -3.28. The fourth-order valence-corrected chi connectivity index (χ4v) is 5.86. The van der Waals surface area contributed by atoms with E-state index in [1.54, 1.807) is 24.3 Å². The molecule has 1 amide bonds. The molecule has 0 unspecified atom stereocenters. The molecule has 2 aliphatic rings. The Balaban J connectivity index is 1.28. The van der Waals surface area contributed by atoms with Gasteiger partial charge in [0.15, 0.2) is 0 Å². The van der Waals surface area contributed by atoms with Gasteiger partial charge >= 0.3 is 0 Å². The van der Waals surface area contributed by atoms with Gasteiger partial charge in [0.1, 0.15) is 0 Å². The van der Waals surface area contributed by atoms with Crippen molar-refractivity contribution < 1.29 is 13.2 Å². The molecule has 7 heteroatoms. The monoisotopic (exact) mass is 427 g/mol. The number of fused-ring (bicyclic) bond motifs is 1. The highest BCUT2D eigenvalue weighted by Crippen LogP contribution is 2.24. The average Bonchev–Trinajstić information content (AvgIpc) is 2.76. The molecule has 0 aliphatic carbocycles. The van der Waals surface area contributed by atoms with E-state index in [2.05, 4.69) is 34.5 Å². The second-order valence-corrected chi connectivity index (χ2v) is 10.1. The Hall–Kier alpha value is -2.38. The quantitative estimate of drug-likeness (QED) is 0.720. The summed E-state index contributed by atoms with van der Waals surface area (Å²) < 4.78 is 26.1. The average molecular weight is 428 g/mol. The number of nitrogens with zero attached hydrogens (tertiary/aromatic N) is 2. The number of benzene rings is 2. The first-order valence-electron chi connectivity index (χ1n) is 10.7. The first-order chi connectivity index (χ1) is 14.5. The van der Waals surface area contributed by atoms with Crippen molar-refractivity contribution in [1.29, 1.82) is 0 Å². The van der Waals surface area contributed by atoms with Gasteiger partial charge in [0.2, 0.25) is 10.0 Å². The number of anilines is 1. The van der Waals surface area contributed by atoms with Gasteiger partial charge in [0, 0.05) is 38.3 Å². The third-order valence-corrected chi connectivity index (χ3v) is 7.76. The van der Waals surface area contributed by atoms with Crippen molar-refractivity contribution in [3.8, 4) is 0 Å². The molecule has 0 aromatic heterocycles. The first kappa shape index (κ1) is 20.9. The molecule has 160 valence electrons. The summed E-state index contributed by atoms with van der Waals surface area (Å²) in [6.07, 6.45) is 3.50. The maximum Gasteiger partial charge on any atom is 0.251 e. The number of hydrogen-bond acceptors (Lipinski definition) is 4. The van der Waals surface area contributed by atoms with Crippen LogP contribution < -0.4 is 9.62 Å². The molecule has 1 saturated heterocycles. The maximum atomic E-state index is 12.6. The standard InChI is InChI=1S/C23H29N3O3S/c27-23(20-9-5-10-22(17-20)26-14-3-4-16-30(26,28)29)24-12-6-13-25-15-11-19-7-1-2-8-21(19)18-25/h1-2,5,7-10,17H,3-4,6,11-16,18H2,(H,24,27). The highest BCUT2D eigenvalue weighted by molar-refractivity contribution is 7.92. The lowest BCUT2D eigenvalue weighted by Gasteiger charge is -2.28. The number of carbonyl (C=O) groups excluding carboxylic acids is 1. The molecule has 4 rings (SSSR count). The normalized spacial score (nSPS) is 18.6. The Morgan fingerprint density at radius 2 is 1.83 bits per heavy atom. The number of hydrogen-bond donors (Lipinski definition) is 1. The zero-order valence-corrected chi connectivity index (χ0v) is 18.0. The van der Waals surface area contributed by atoms with Gasteiger partial charge in [-0.3, -0.25) is 14.0 Å². The van der Waals surface area contributed by atoms with E-state index in [4.69, 9.17) is 0 Å². The zero-order valence-electron chi connectivity index (χ0n) is 17.2. The van der Waals surface area contributed by atoms with Gasteiger partial charge in [-0.05, 0) is 55.0 Å². The summed E-state index contributed by atoms with van der Waals surface area (Å²) in [5, 5.41) is 2.97. The van der Waals surface area contributed by atoms with E-state index in [-0.39, 0.29) is 11.7 Å². The largest absolute Gasteiger partial charge is 0.352 e. The number of amides is 1. The molecule has 2 aromatic carbocycles. The molecule has 30 heavy (non-hydrogen) atoms. The van der Waals surface area contributed by atoms with Crippen LogP contribution in [0.3, 0.4) is 0 Å². The van der Waals surface area contributed by atoms with E-state index in [1.807, 2.05) is 0 Å². The Morgan fingerprint density at radius 3 is 2.67 bits per heavy atom. The van der Waals surface area contributed by atoms with Crippen molar-refractivity contribution >= 4 is 21.6 Å². The Labute approximate surface area is 178 Å². The van der Waals surface area contributed by atoms with Crippen LogP contribution >= 0.6 is 0 Å². The van der Waals surface area contributed by atoms with E-state index < -0.39 is 10.0 Å². The second kappa shape index (κ2) is 9.18. The summed E-state index contributed by atoms with van der Waals surface area (Å²) in [5.74, 6) is 0.0139. The number of sulfonamides is 1. The minimum absolute atomic E-state index is 0.157. The fraction of sp³-hybridized carbons (Fsp3) is 0.435. The molecule has 2 aromatic rings. The molecule has 0 saturated carbocycles. The Kier molecular flexibility index (Phi) is 6.39. The van der Waals surface area contributed by atoms with E-state index in [9.17, 15) is 13.2 Å². The predicted molar refractivity (Wildman–Crippen MR) is 119 cm³/mol. The highest BCUT2D eigenvalue weighted by Gasteiger charge is 2.26. The van der Waals surface area contributed by atoms with Crippen LogP contribution in [0.4, 0.5) is 5.69 Å². The third-order valence-electron chi connectivity index (χ3n) is 5.89. The SMILES string of the molecule is O=C(NCCCN1CCc2ccccc2C1)c1cccc(N2CCCCS2(=O)=O)c1. The summed E-state index contributed by atoms with van der Waals surface area (Å²) in [5.41, 5.74) is 3.92. The Morgan fingerprint density at radius 1 is 1.00 bits per heavy atom. The van der Waals surface area contributed by atoms with Gasteiger partial charge in [0.25, 0.3) is 5.91 Å². The van der Waals surface area contributed by atoms with Gasteiger partial charge in [-0.2, -0.15) is 0 Å². The number of rotatable bonds is 6. The molecule has 0 spiro atoms. The Bertz CT molecular complexity index is 1010. The van der Waals surface area contributed by atoms with Crippen LogP contribution in [0.2, 0.25) is 0 Å². The van der Waals surface area contributed by atoms with Crippen LogP contribution in [0.15, 0.2) is 48.5 Å². The molecule has 2 aliphatic heterocycles. The molecular weight excluding hydrogens is 398 g/mol. The second-order valence-electron chi connectivity index (χ2n) is 8.05. The van der Waals surface area contributed by atoms with Crippen molar-refractivity contribution in [3.05, 3.63) is 65.2 Å². The minimum atomic E-state index is -3.28. The summed E-state index contributed by atoms with van der Waals surface area (Å²) in [6, 6.07) is 15.5. The summed E-state index contributed by atoms with van der Waals surface area (Å²) in [6.45, 7) is 4.05. The molecule has 2 heterocycles. The van der Waals surface area contributed by atoms with Crippen LogP contribution in [-0.4, -0.2) is 51.2 Å². The molecule has 6 nitrogen and oxygen atoms in total. The molecular formula is C23H29N3O3S. The van der Waals surface area contributed by atoms with Crippen molar-refractivity contribution in [3.63, 3.8) is 0 Å². The zero-order chi connectivity index (χ0) is 21.0. The van der Waals surface area contributed by atoms with Crippen LogP contribution in [0.25, 0.3) is 0 Å². The molecule has 1 N–H and O–H groups in total. The molecule has 0 radical (unpaired) electrons. The van der Waals surface area contributed by atoms with Crippen molar-refractivity contribution in [1.82, 2.24) is 10.2 Å². The topological polar surface area (TPSA) is 69.7 Å². The van der Waals surface area contributed by atoms with E-state index in [1.165, 1.54) is 15.4 Å². The number of nitrogens with one attached hydrogen (secondary N) is 1. The van der Waals surface area contributed by atoms with Crippen LogP contribution in [-0.2, 0) is 23.0 Å². The predicted octanol–water partition coefficient (Wildman–Crippen LogP) is 2.79. The van der Waals surface area contributed by atoms with Gasteiger partial charge in [0.05, 0.1) is 11.4 Å². The molecule has 0 atom stereocenters. The van der Waals surface area contributed by atoms with E-state index in [0.717, 1.165) is 38.9 Å². The van der Waals surface area contributed by atoms with Gasteiger partial charge in [-0.1, -0.05) is 30.3 Å². The summed E-state index contributed by atoms with van der Waals surface area (Å²) >= 11 is 0. The van der Waals surface area contributed by atoms with Crippen molar-refractivity contribution in [2.75, 3.05) is 36.2 Å². The lowest BCUT2D eigenvalue weighted by Crippen LogP contribution is -2.38. The molecule has 0 bridgehead atoms.